The molecule has 1 aromatic heterocycles. The van der Waals surface area contributed by atoms with Crippen molar-refractivity contribution in [3.05, 3.63) is 51.2 Å². The summed E-state index contributed by atoms with van der Waals surface area (Å²) in [6, 6.07) is 9.69. The van der Waals surface area contributed by atoms with E-state index in [2.05, 4.69) is 17.8 Å². The molecule has 2 N–H and O–H groups in total. The molecule has 2 heterocycles. The van der Waals surface area contributed by atoms with Gasteiger partial charge in [-0.1, -0.05) is 25.1 Å². The number of aryl methyl sites for hydroxylation is 1. The standard InChI is InChI=1S/C20H22N2O3S/c1-12-6-7-17-14(8-12)10-18(26-17)20(24)22-21-19(23)15-9-13-4-2-3-5-16(13)25-11-15/h2-5,10,12,15H,6-9,11H2,1H3,(H,21,23)(H,22,24). The zero-order chi connectivity index (χ0) is 18.1. The van der Waals surface area contributed by atoms with Gasteiger partial charge in [0.25, 0.3) is 5.91 Å². The van der Waals surface area contributed by atoms with Crippen LogP contribution >= 0.6 is 11.3 Å². The first-order chi connectivity index (χ1) is 12.6. The number of carbonyl (C=O) groups is 2. The van der Waals surface area contributed by atoms with Gasteiger partial charge in [0.2, 0.25) is 5.91 Å². The first kappa shape index (κ1) is 17.1. The van der Waals surface area contributed by atoms with Crippen LogP contribution in [0, 0.1) is 11.8 Å². The highest BCUT2D eigenvalue weighted by molar-refractivity contribution is 7.14. The molecule has 1 aromatic carbocycles. The van der Waals surface area contributed by atoms with Crippen LogP contribution in [0.1, 0.15) is 39.0 Å². The molecule has 2 amide bonds. The molecule has 4 rings (SSSR count). The van der Waals surface area contributed by atoms with Gasteiger partial charge in [-0.25, -0.2) is 0 Å². The Bertz CT molecular complexity index is 845. The lowest BCUT2D eigenvalue weighted by Crippen LogP contribution is -2.46. The predicted molar refractivity (Wildman–Crippen MR) is 100 cm³/mol. The van der Waals surface area contributed by atoms with E-state index in [1.807, 2.05) is 30.3 Å². The average Bonchev–Trinajstić information content (AvgIpc) is 3.08. The predicted octanol–water partition coefficient (Wildman–Crippen LogP) is 2.89. The van der Waals surface area contributed by atoms with Crippen LogP contribution in [0.25, 0.3) is 0 Å². The smallest absolute Gasteiger partial charge is 0.279 e. The summed E-state index contributed by atoms with van der Waals surface area (Å²) in [6.07, 6.45) is 3.86. The normalized spacial score (nSPS) is 21.1. The fraction of sp³-hybridized carbons (Fsp3) is 0.400. The van der Waals surface area contributed by atoms with Crippen LogP contribution < -0.4 is 15.6 Å². The third kappa shape index (κ3) is 3.46. The number of hydrogen-bond donors (Lipinski definition) is 2. The second-order valence-electron chi connectivity index (χ2n) is 7.17. The molecule has 0 spiro atoms. The number of fused-ring (bicyclic) bond motifs is 2. The first-order valence-electron chi connectivity index (χ1n) is 9.02. The number of hydrogen-bond acceptors (Lipinski definition) is 4. The van der Waals surface area contributed by atoms with Gasteiger partial charge in [0.15, 0.2) is 0 Å². The number of rotatable bonds is 2. The molecular formula is C20H22N2O3S. The summed E-state index contributed by atoms with van der Waals surface area (Å²) < 4.78 is 5.64. The van der Waals surface area contributed by atoms with E-state index in [-0.39, 0.29) is 17.7 Å². The fourth-order valence-electron chi connectivity index (χ4n) is 3.60. The van der Waals surface area contributed by atoms with Crippen molar-refractivity contribution in [2.75, 3.05) is 6.61 Å². The summed E-state index contributed by atoms with van der Waals surface area (Å²) in [5, 5.41) is 0. The van der Waals surface area contributed by atoms with E-state index in [1.165, 1.54) is 28.2 Å². The Morgan fingerprint density at radius 1 is 1.15 bits per heavy atom. The Morgan fingerprint density at radius 2 is 2.00 bits per heavy atom. The van der Waals surface area contributed by atoms with Crippen LogP contribution in [0.2, 0.25) is 0 Å². The number of ether oxygens (including phenoxy) is 1. The zero-order valence-corrected chi connectivity index (χ0v) is 15.5. The monoisotopic (exact) mass is 370 g/mol. The molecule has 0 bridgehead atoms. The number of benzene rings is 1. The minimum Gasteiger partial charge on any atom is -0.492 e. The molecule has 6 heteroatoms. The van der Waals surface area contributed by atoms with Crippen LogP contribution in [0.4, 0.5) is 0 Å². The molecule has 26 heavy (non-hydrogen) atoms. The van der Waals surface area contributed by atoms with Crippen LogP contribution in [-0.4, -0.2) is 18.4 Å². The molecular weight excluding hydrogens is 348 g/mol. The highest BCUT2D eigenvalue weighted by Crippen LogP contribution is 2.32. The lowest BCUT2D eigenvalue weighted by molar-refractivity contribution is -0.127. The summed E-state index contributed by atoms with van der Waals surface area (Å²) in [7, 11) is 0. The number of carbonyl (C=O) groups excluding carboxylic acids is 2. The molecule has 2 aliphatic rings. The van der Waals surface area contributed by atoms with Crippen LogP contribution in [0.5, 0.6) is 5.75 Å². The topological polar surface area (TPSA) is 67.4 Å². The molecule has 0 fully saturated rings. The Hall–Kier alpha value is -2.34. The summed E-state index contributed by atoms with van der Waals surface area (Å²) in [6.45, 7) is 2.56. The van der Waals surface area contributed by atoms with E-state index in [9.17, 15) is 9.59 Å². The van der Waals surface area contributed by atoms with E-state index in [1.54, 1.807) is 0 Å². The Labute approximate surface area is 156 Å². The minimum atomic E-state index is -0.303. The third-order valence-electron chi connectivity index (χ3n) is 5.10. The van der Waals surface area contributed by atoms with Gasteiger partial charge in [0, 0.05) is 4.88 Å². The van der Waals surface area contributed by atoms with E-state index < -0.39 is 0 Å². The molecule has 0 saturated heterocycles. The lowest BCUT2D eigenvalue weighted by atomic mass is 9.90. The molecule has 5 nitrogen and oxygen atoms in total. The zero-order valence-electron chi connectivity index (χ0n) is 14.7. The van der Waals surface area contributed by atoms with E-state index >= 15 is 0 Å². The Balaban J connectivity index is 1.34. The molecule has 2 aromatic rings. The number of thiophene rings is 1. The van der Waals surface area contributed by atoms with Gasteiger partial charge in [0.1, 0.15) is 12.4 Å². The maximum Gasteiger partial charge on any atom is 0.279 e. The average molecular weight is 370 g/mol. The van der Waals surface area contributed by atoms with Gasteiger partial charge in [-0.2, -0.15) is 0 Å². The second kappa shape index (κ2) is 7.11. The van der Waals surface area contributed by atoms with Gasteiger partial charge in [-0.05, 0) is 54.9 Å². The van der Waals surface area contributed by atoms with Crippen molar-refractivity contribution >= 4 is 23.2 Å². The van der Waals surface area contributed by atoms with Crippen molar-refractivity contribution < 1.29 is 14.3 Å². The molecule has 2 unspecified atom stereocenters. The SMILES string of the molecule is CC1CCc2sc(C(=O)NNC(=O)C3COc4ccccc4C3)cc2C1. The molecule has 1 aliphatic carbocycles. The maximum absolute atomic E-state index is 12.4. The van der Waals surface area contributed by atoms with Crippen LogP contribution in [0.15, 0.2) is 30.3 Å². The van der Waals surface area contributed by atoms with Crippen molar-refractivity contribution in [2.45, 2.75) is 32.6 Å². The van der Waals surface area contributed by atoms with Crippen molar-refractivity contribution in [1.82, 2.24) is 10.9 Å². The highest BCUT2D eigenvalue weighted by atomic mass is 32.1. The third-order valence-corrected chi connectivity index (χ3v) is 6.34. The lowest BCUT2D eigenvalue weighted by Gasteiger charge is -2.24. The fourth-order valence-corrected chi connectivity index (χ4v) is 4.70. The van der Waals surface area contributed by atoms with Crippen LogP contribution in [-0.2, 0) is 24.1 Å². The number of para-hydroxylation sites is 1. The summed E-state index contributed by atoms with van der Waals surface area (Å²) >= 11 is 1.54. The van der Waals surface area contributed by atoms with Crippen LogP contribution in [0.3, 0.4) is 0 Å². The van der Waals surface area contributed by atoms with Crippen molar-refractivity contribution in [1.29, 1.82) is 0 Å². The molecule has 1 aliphatic heterocycles. The van der Waals surface area contributed by atoms with Crippen molar-refractivity contribution in [3.63, 3.8) is 0 Å². The van der Waals surface area contributed by atoms with Gasteiger partial charge in [0.05, 0.1) is 10.8 Å². The molecule has 0 saturated carbocycles. The van der Waals surface area contributed by atoms with Gasteiger partial charge >= 0.3 is 0 Å². The Kier molecular flexibility index (Phi) is 4.68. The minimum absolute atomic E-state index is 0.220. The summed E-state index contributed by atoms with van der Waals surface area (Å²) in [5.41, 5.74) is 7.41. The number of hydrazine groups is 1. The largest absolute Gasteiger partial charge is 0.492 e. The number of amides is 2. The quantitative estimate of drug-likeness (QED) is 0.799. The maximum atomic E-state index is 12.4. The van der Waals surface area contributed by atoms with E-state index in [4.69, 9.17) is 4.74 Å². The second-order valence-corrected chi connectivity index (χ2v) is 8.31. The Morgan fingerprint density at radius 3 is 2.88 bits per heavy atom. The highest BCUT2D eigenvalue weighted by Gasteiger charge is 2.26. The van der Waals surface area contributed by atoms with Gasteiger partial charge in [-0.3, -0.25) is 20.4 Å². The van der Waals surface area contributed by atoms with E-state index in [0.29, 0.717) is 23.8 Å². The number of nitrogens with one attached hydrogen (secondary N) is 2. The molecule has 136 valence electrons. The van der Waals surface area contributed by atoms with Crippen molar-refractivity contribution in [2.24, 2.45) is 11.8 Å². The van der Waals surface area contributed by atoms with E-state index in [0.717, 1.165) is 24.2 Å². The van der Waals surface area contributed by atoms with Gasteiger partial charge in [-0.15, -0.1) is 11.3 Å². The summed E-state index contributed by atoms with van der Waals surface area (Å²) in [4.78, 5) is 26.7. The summed E-state index contributed by atoms with van der Waals surface area (Å²) in [5.74, 6) is 0.730. The molecule has 2 atom stereocenters. The molecule has 0 radical (unpaired) electrons. The van der Waals surface area contributed by atoms with Crippen molar-refractivity contribution in [3.8, 4) is 5.75 Å². The first-order valence-corrected chi connectivity index (χ1v) is 9.84. The van der Waals surface area contributed by atoms with Gasteiger partial charge < -0.3 is 4.74 Å².